The largest absolute Gasteiger partial charge is 0.350 e. The number of nitrogens with zero attached hydrogens (tertiary/aromatic N) is 1. The van der Waals surface area contributed by atoms with Crippen LogP contribution in [0.5, 0.6) is 0 Å². The van der Waals surface area contributed by atoms with Crippen LogP contribution in [0, 0.1) is 11.6 Å². The van der Waals surface area contributed by atoms with Gasteiger partial charge in [0.2, 0.25) is 5.91 Å². The van der Waals surface area contributed by atoms with Crippen LogP contribution in [0.1, 0.15) is 24.9 Å². The Morgan fingerprint density at radius 1 is 1.45 bits per heavy atom. The molecule has 20 heavy (non-hydrogen) atoms. The second-order valence-corrected chi connectivity index (χ2v) is 5.29. The van der Waals surface area contributed by atoms with Gasteiger partial charge in [0, 0.05) is 12.6 Å². The van der Waals surface area contributed by atoms with Gasteiger partial charge in [0.1, 0.15) is 0 Å². The smallest absolute Gasteiger partial charge is 0.236 e. The van der Waals surface area contributed by atoms with Gasteiger partial charge in [-0.2, -0.15) is 0 Å². The number of carbonyl (C=O) groups excluding carboxylic acids is 1. The van der Waals surface area contributed by atoms with E-state index < -0.39 is 17.7 Å². The second kappa shape index (κ2) is 5.85. The van der Waals surface area contributed by atoms with Gasteiger partial charge in [-0.1, -0.05) is 6.07 Å². The van der Waals surface area contributed by atoms with Crippen LogP contribution in [0.3, 0.4) is 0 Å². The van der Waals surface area contributed by atoms with Crippen molar-refractivity contribution >= 4 is 5.91 Å². The number of nitrogens with two attached hydrogens (primary N) is 1. The molecule has 0 aliphatic carbocycles. The maximum atomic E-state index is 13.4. The van der Waals surface area contributed by atoms with Crippen molar-refractivity contribution in [3.05, 3.63) is 35.4 Å². The number of hydrogen-bond donors (Lipinski definition) is 2. The van der Waals surface area contributed by atoms with E-state index in [9.17, 15) is 13.6 Å². The van der Waals surface area contributed by atoms with E-state index in [1.807, 2.05) is 11.9 Å². The van der Waals surface area contributed by atoms with Crippen molar-refractivity contribution in [2.24, 2.45) is 5.73 Å². The predicted molar refractivity (Wildman–Crippen MR) is 71.9 cm³/mol. The first-order valence-electron chi connectivity index (χ1n) is 6.61. The summed E-state index contributed by atoms with van der Waals surface area (Å²) in [7, 11) is 1.89. The van der Waals surface area contributed by atoms with Crippen molar-refractivity contribution in [1.29, 1.82) is 0 Å². The van der Waals surface area contributed by atoms with Crippen molar-refractivity contribution in [3.63, 3.8) is 0 Å². The minimum absolute atomic E-state index is 0.150. The molecule has 0 aromatic heterocycles. The molecule has 3 atom stereocenters. The Balaban J connectivity index is 2.21. The zero-order valence-electron chi connectivity index (χ0n) is 11.6. The van der Waals surface area contributed by atoms with Crippen molar-refractivity contribution < 1.29 is 13.6 Å². The van der Waals surface area contributed by atoms with Gasteiger partial charge < -0.3 is 11.1 Å². The molecule has 1 heterocycles. The molecule has 0 radical (unpaired) electrons. The summed E-state index contributed by atoms with van der Waals surface area (Å²) in [5.41, 5.74) is 6.19. The van der Waals surface area contributed by atoms with Gasteiger partial charge in [0.25, 0.3) is 0 Å². The maximum Gasteiger partial charge on any atom is 0.236 e. The fraction of sp³-hybridized carbons (Fsp3) is 0.500. The molecular formula is C14H19F2N3O. The number of hydrogen-bond acceptors (Lipinski definition) is 3. The summed E-state index contributed by atoms with van der Waals surface area (Å²) in [5.74, 6) is -1.98. The maximum absolute atomic E-state index is 13.4. The molecule has 2 rings (SSSR count). The molecule has 2 unspecified atom stereocenters. The average Bonchev–Trinajstić information content (AvgIpc) is 2.74. The van der Waals surface area contributed by atoms with Crippen LogP contribution in [0.2, 0.25) is 0 Å². The number of rotatable bonds is 3. The van der Waals surface area contributed by atoms with Crippen molar-refractivity contribution in [2.45, 2.75) is 31.5 Å². The van der Waals surface area contributed by atoms with E-state index in [0.29, 0.717) is 5.56 Å². The van der Waals surface area contributed by atoms with Gasteiger partial charge in [-0.3, -0.25) is 9.69 Å². The van der Waals surface area contributed by atoms with Crippen LogP contribution in [-0.2, 0) is 4.79 Å². The zero-order chi connectivity index (χ0) is 14.9. The Morgan fingerprint density at radius 2 is 2.15 bits per heavy atom. The van der Waals surface area contributed by atoms with Crippen LogP contribution in [-0.4, -0.2) is 36.5 Å². The molecule has 1 aromatic carbocycles. The van der Waals surface area contributed by atoms with Gasteiger partial charge >= 0.3 is 0 Å². The van der Waals surface area contributed by atoms with E-state index >= 15 is 0 Å². The van der Waals surface area contributed by atoms with Crippen LogP contribution in [0.15, 0.2) is 18.2 Å². The van der Waals surface area contributed by atoms with Gasteiger partial charge in [-0.05, 0) is 38.1 Å². The highest BCUT2D eigenvalue weighted by atomic mass is 19.2. The molecule has 1 aromatic rings. The second-order valence-electron chi connectivity index (χ2n) is 5.29. The van der Waals surface area contributed by atoms with E-state index in [2.05, 4.69) is 5.32 Å². The number of likely N-dealkylation sites (N-methyl/N-ethyl adjacent to an activating group) is 1. The standard InChI is InChI=1S/C14H19F2N3O/c1-8(17)14(20)18-12-5-6-19(2)13(12)9-3-4-10(15)11(16)7-9/h3-4,7-8,12-13H,5-6,17H2,1-2H3,(H,18,20)/t8-,12?,13?/m1/s1. The SMILES string of the molecule is C[C@@H](N)C(=O)NC1CCN(C)C1c1ccc(F)c(F)c1. The first-order valence-corrected chi connectivity index (χ1v) is 6.61. The number of benzene rings is 1. The molecule has 3 N–H and O–H groups in total. The number of nitrogens with one attached hydrogen (secondary N) is 1. The number of likely N-dealkylation sites (tertiary alicyclic amines) is 1. The summed E-state index contributed by atoms with van der Waals surface area (Å²) in [6.45, 7) is 2.38. The van der Waals surface area contributed by atoms with Crippen LogP contribution < -0.4 is 11.1 Å². The van der Waals surface area contributed by atoms with Crippen molar-refractivity contribution in [2.75, 3.05) is 13.6 Å². The molecule has 1 aliphatic heterocycles. The van der Waals surface area contributed by atoms with Gasteiger partial charge in [-0.25, -0.2) is 8.78 Å². The average molecular weight is 283 g/mol. The van der Waals surface area contributed by atoms with E-state index in [0.717, 1.165) is 19.0 Å². The predicted octanol–water partition coefficient (Wildman–Crippen LogP) is 1.17. The molecule has 1 amide bonds. The highest BCUT2D eigenvalue weighted by Gasteiger charge is 2.34. The monoisotopic (exact) mass is 283 g/mol. The summed E-state index contributed by atoms with van der Waals surface area (Å²) < 4.78 is 26.4. The fourth-order valence-electron chi connectivity index (χ4n) is 2.60. The summed E-state index contributed by atoms with van der Waals surface area (Å²) in [6, 6.07) is 2.94. The van der Waals surface area contributed by atoms with Crippen molar-refractivity contribution in [1.82, 2.24) is 10.2 Å². The van der Waals surface area contributed by atoms with Crippen LogP contribution >= 0.6 is 0 Å². The summed E-state index contributed by atoms with van der Waals surface area (Å²) in [6.07, 6.45) is 0.749. The summed E-state index contributed by atoms with van der Waals surface area (Å²) in [5, 5.41) is 2.87. The molecule has 4 nitrogen and oxygen atoms in total. The van der Waals surface area contributed by atoms with Gasteiger partial charge in [0.05, 0.1) is 12.1 Å². The van der Waals surface area contributed by atoms with Crippen LogP contribution in [0.25, 0.3) is 0 Å². The summed E-state index contributed by atoms with van der Waals surface area (Å²) in [4.78, 5) is 13.7. The highest BCUT2D eigenvalue weighted by molar-refractivity contribution is 5.81. The molecular weight excluding hydrogens is 264 g/mol. The molecule has 6 heteroatoms. The number of halogens is 2. The van der Waals surface area contributed by atoms with Crippen molar-refractivity contribution in [3.8, 4) is 0 Å². The van der Waals surface area contributed by atoms with E-state index in [1.165, 1.54) is 6.07 Å². The first-order chi connectivity index (χ1) is 9.40. The lowest BCUT2D eigenvalue weighted by molar-refractivity contribution is -0.122. The lowest BCUT2D eigenvalue weighted by Crippen LogP contribution is -2.45. The number of amides is 1. The fourth-order valence-corrected chi connectivity index (χ4v) is 2.60. The lowest BCUT2D eigenvalue weighted by atomic mass is 9.99. The Hall–Kier alpha value is -1.53. The molecule has 1 saturated heterocycles. The van der Waals surface area contributed by atoms with Gasteiger partial charge in [0.15, 0.2) is 11.6 Å². The zero-order valence-corrected chi connectivity index (χ0v) is 11.6. The highest BCUT2D eigenvalue weighted by Crippen LogP contribution is 2.31. The quantitative estimate of drug-likeness (QED) is 0.875. The normalized spacial score (nSPS) is 24.6. The molecule has 1 aliphatic rings. The van der Waals surface area contributed by atoms with Gasteiger partial charge in [-0.15, -0.1) is 0 Å². The van der Waals surface area contributed by atoms with Crippen LogP contribution in [0.4, 0.5) is 8.78 Å². The molecule has 0 spiro atoms. The summed E-state index contributed by atoms with van der Waals surface area (Å²) >= 11 is 0. The Bertz CT molecular complexity index is 507. The Kier molecular flexibility index (Phi) is 4.35. The van der Waals surface area contributed by atoms with E-state index in [4.69, 9.17) is 5.73 Å². The third-order valence-corrected chi connectivity index (χ3v) is 3.68. The Labute approximate surface area is 116 Å². The minimum atomic E-state index is -0.875. The number of carbonyl (C=O) groups is 1. The Morgan fingerprint density at radius 3 is 2.75 bits per heavy atom. The molecule has 110 valence electrons. The minimum Gasteiger partial charge on any atom is -0.350 e. The first kappa shape index (κ1) is 14.9. The third kappa shape index (κ3) is 2.96. The third-order valence-electron chi connectivity index (χ3n) is 3.68. The lowest BCUT2D eigenvalue weighted by Gasteiger charge is -2.26. The molecule has 0 saturated carbocycles. The molecule has 0 bridgehead atoms. The topological polar surface area (TPSA) is 58.4 Å². The molecule has 1 fully saturated rings. The van der Waals surface area contributed by atoms with E-state index in [1.54, 1.807) is 13.0 Å². The van der Waals surface area contributed by atoms with E-state index in [-0.39, 0.29) is 18.0 Å².